The van der Waals surface area contributed by atoms with E-state index in [1.807, 2.05) is 83.1 Å². The van der Waals surface area contributed by atoms with Crippen molar-refractivity contribution in [2.24, 2.45) is 0 Å². The smallest absolute Gasteiger partial charge is 0.221 e. The van der Waals surface area contributed by atoms with Gasteiger partial charge < -0.3 is 5.32 Å². The van der Waals surface area contributed by atoms with E-state index in [0.29, 0.717) is 17.9 Å². The minimum absolute atomic E-state index is 0.00334. The van der Waals surface area contributed by atoms with E-state index in [2.05, 4.69) is 15.8 Å². The summed E-state index contributed by atoms with van der Waals surface area (Å²) in [4.78, 5) is 12.7. The van der Waals surface area contributed by atoms with Crippen LogP contribution in [-0.2, 0) is 11.2 Å². The third-order valence-electron chi connectivity index (χ3n) is 4.68. The predicted octanol–water partition coefficient (Wildman–Crippen LogP) is 5.43. The van der Waals surface area contributed by atoms with Gasteiger partial charge in [0.1, 0.15) is 0 Å². The minimum atomic E-state index is -0.182. The van der Waals surface area contributed by atoms with Gasteiger partial charge in [-0.1, -0.05) is 41.9 Å². The number of nitrogens with zero attached hydrogens (tertiary/aromatic N) is 2. The number of amides is 1. The lowest BCUT2D eigenvalue weighted by Gasteiger charge is -2.18. The van der Waals surface area contributed by atoms with E-state index >= 15 is 0 Å². The largest absolute Gasteiger partial charge is 0.345 e. The van der Waals surface area contributed by atoms with Gasteiger partial charge in [-0.25, -0.2) is 4.68 Å². The molecule has 4 nitrogen and oxygen atoms in total. The molecule has 4 aromatic rings. The van der Waals surface area contributed by atoms with Crippen molar-refractivity contribution in [1.82, 2.24) is 15.1 Å². The molecule has 29 heavy (non-hydrogen) atoms. The van der Waals surface area contributed by atoms with Crippen molar-refractivity contribution < 1.29 is 4.79 Å². The fourth-order valence-corrected chi connectivity index (χ4v) is 3.97. The summed E-state index contributed by atoms with van der Waals surface area (Å²) in [5, 5.41) is 12.3. The van der Waals surface area contributed by atoms with Crippen molar-refractivity contribution in [3.8, 4) is 5.69 Å². The maximum absolute atomic E-state index is 12.7. The van der Waals surface area contributed by atoms with E-state index in [9.17, 15) is 4.79 Å². The van der Waals surface area contributed by atoms with Crippen molar-refractivity contribution in [1.29, 1.82) is 0 Å². The van der Waals surface area contributed by atoms with Crippen LogP contribution in [-0.4, -0.2) is 15.7 Å². The van der Waals surface area contributed by atoms with Crippen LogP contribution in [0.15, 0.2) is 83.8 Å². The fraction of sp³-hybridized carbons (Fsp3) is 0.130. The van der Waals surface area contributed by atoms with Gasteiger partial charge in [0, 0.05) is 17.6 Å². The van der Waals surface area contributed by atoms with Gasteiger partial charge in [0.15, 0.2) is 0 Å². The van der Waals surface area contributed by atoms with Crippen LogP contribution < -0.4 is 5.32 Å². The van der Waals surface area contributed by atoms with Crippen molar-refractivity contribution in [3.63, 3.8) is 0 Å². The number of halogens is 1. The monoisotopic (exact) mass is 421 g/mol. The first kappa shape index (κ1) is 19.4. The van der Waals surface area contributed by atoms with Crippen LogP contribution in [0, 0.1) is 0 Å². The van der Waals surface area contributed by atoms with Gasteiger partial charge in [0.05, 0.1) is 17.9 Å². The molecule has 0 radical (unpaired) electrons. The summed E-state index contributed by atoms with van der Waals surface area (Å²) < 4.78 is 1.83. The Labute approximate surface area is 178 Å². The molecule has 1 unspecified atom stereocenters. The predicted molar refractivity (Wildman–Crippen MR) is 118 cm³/mol. The van der Waals surface area contributed by atoms with Gasteiger partial charge in [-0.15, -0.1) is 0 Å². The topological polar surface area (TPSA) is 46.9 Å². The van der Waals surface area contributed by atoms with Crippen LogP contribution >= 0.6 is 22.9 Å². The molecule has 1 atom stereocenters. The zero-order valence-electron chi connectivity index (χ0n) is 15.7. The molecule has 0 bridgehead atoms. The molecule has 1 amide bonds. The van der Waals surface area contributed by atoms with Crippen LogP contribution in [0.2, 0.25) is 5.02 Å². The number of hydrogen-bond acceptors (Lipinski definition) is 3. The second kappa shape index (κ2) is 9.07. The van der Waals surface area contributed by atoms with Gasteiger partial charge in [0.25, 0.3) is 0 Å². The molecule has 146 valence electrons. The third kappa shape index (κ3) is 4.94. The van der Waals surface area contributed by atoms with Gasteiger partial charge in [-0.2, -0.15) is 16.4 Å². The number of benzene rings is 2. The highest BCUT2D eigenvalue weighted by Gasteiger charge is 2.17. The molecule has 0 saturated heterocycles. The van der Waals surface area contributed by atoms with E-state index in [4.69, 9.17) is 11.6 Å². The Kier molecular flexibility index (Phi) is 6.08. The number of hydrogen-bond donors (Lipinski definition) is 1. The zero-order valence-corrected chi connectivity index (χ0v) is 17.2. The highest BCUT2D eigenvalue weighted by molar-refractivity contribution is 7.08. The van der Waals surface area contributed by atoms with Crippen molar-refractivity contribution in [2.75, 3.05) is 0 Å². The molecule has 0 aliphatic heterocycles. The Bertz CT molecular complexity index is 1060. The lowest BCUT2D eigenvalue weighted by Crippen LogP contribution is -2.29. The Balaban J connectivity index is 1.41. The molecule has 0 aliphatic carbocycles. The number of aryl methyl sites for hydroxylation is 1. The summed E-state index contributed by atoms with van der Waals surface area (Å²) in [6, 6.07) is 19.4. The minimum Gasteiger partial charge on any atom is -0.345 e. The summed E-state index contributed by atoms with van der Waals surface area (Å²) in [6.07, 6.45) is 4.82. The molecule has 4 rings (SSSR count). The van der Waals surface area contributed by atoms with Gasteiger partial charge in [0.2, 0.25) is 5.91 Å². The van der Waals surface area contributed by atoms with Crippen LogP contribution in [0.4, 0.5) is 0 Å². The van der Waals surface area contributed by atoms with Crippen molar-refractivity contribution >= 4 is 28.8 Å². The number of nitrogens with one attached hydrogen (secondary N) is 1. The number of aromatic nitrogens is 2. The lowest BCUT2D eigenvalue weighted by atomic mass is 10.0. The first-order chi connectivity index (χ1) is 14.2. The second-order valence-corrected chi connectivity index (χ2v) is 7.95. The number of carbonyl (C=O) groups excluding carboxylic acids is 1. The molecule has 2 aromatic heterocycles. The van der Waals surface area contributed by atoms with Gasteiger partial charge in [-0.3, -0.25) is 4.79 Å². The van der Waals surface area contributed by atoms with Gasteiger partial charge in [-0.05, 0) is 64.2 Å². The normalized spacial score (nSPS) is 11.9. The Morgan fingerprint density at radius 3 is 2.59 bits per heavy atom. The molecular formula is C23H20ClN3OS. The third-order valence-corrected chi connectivity index (χ3v) is 5.64. The maximum Gasteiger partial charge on any atom is 0.221 e. The first-order valence-electron chi connectivity index (χ1n) is 9.35. The molecule has 0 fully saturated rings. The number of thiophene rings is 1. The molecular weight excluding hydrogens is 402 g/mol. The van der Waals surface area contributed by atoms with Crippen molar-refractivity contribution in [2.45, 2.75) is 18.9 Å². The molecule has 2 aromatic carbocycles. The highest BCUT2D eigenvalue weighted by Crippen LogP contribution is 2.25. The van der Waals surface area contributed by atoms with Crippen LogP contribution in [0.3, 0.4) is 0 Å². The molecule has 0 aliphatic rings. The number of carbonyl (C=O) groups is 1. The summed E-state index contributed by atoms with van der Waals surface area (Å²) in [6.45, 7) is 0. The van der Waals surface area contributed by atoms with Crippen LogP contribution in [0.1, 0.15) is 29.2 Å². The molecule has 1 N–H and O–H groups in total. The fourth-order valence-electron chi connectivity index (χ4n) is 3.16. The standard InChI is InChI=1S/C23H20ClN3OS/c24-20-9-7-18(8-10-20)23(19-12-13-29-16-19)26-22(28)11-6-17-14-25-27(15-17)21-4-2-1-3-5-21/h1-5,7-10,12-16,23H,6,11H2,(H,26,28). The summed E-state index contributed by atoms with van der Waals surface area (Å²) in [5.41, 5.74) is 4.12. The summed E-state index contributed by atoms with van der Waals surface area (Å²) >= 11 is 7.63. The van der Waals surface area contributed by atoms with E-state index in [1.165, 1.54) is 0 Å². The van der Waals surface area contributed by atoms with Crippen LogP contribution in [0.25, 0.3) is 5.69 Å². The first-order valence-corrected chi connectivity index (χ1v) is 10.7. The van der Waals surface area contributed by atoms with Gasteiger partial charge >= 0.3 is 0 Å². The summed E-state index contributed by atoms with van der Waals surface area (Å²) in [5.74, 6) is 0.00334. The Hall–Kier alpha value is -2.89. The molecule has 0 saturated carbocycles. The molecule has 0 spiro atoms. The molecule has 6 heteroatoms. The average molecular weight is 422 g/mol. The quantitative estimate of drug-likeness (QED) is 0.432. The maximum atomic E-state index is 12.7. The zero-order chi connectivity index (χ0) is 20.1. The van der Waals surface area contributed by atoms with E-state index in [-0.39, 0.29) is 11.9 Å². The van der Waals surface area contributed by atoms with Crippen LogP contribution in [0.5, 0.6) is 0 Å². The van der Waals surface area contributed by atoms with E-state index in [0.717, 1.165) is 22.4 Å². The van der Waals surface area contributed by atoms with E-state index in [1.54, 1.807) is 11.3 Å². The Morgan fingerprint density at radius 2 is 1.86 bits per heavy atom. The summed E-state index contributed by atoms with van der Waals surface area (Å²) in [7, 11) is 0. The number of para-hydroxylation sites is 1. The average Bonchev–Trinajstić information content (AvgIpc) is 3.44. The SMILES string of the molecule is O=C(CCc1cnn(-c2ccccc2)c1)NC(c1ccc(Cl)cc1)c1ccsc1. The lowest BCUT2D eigenvalue weighted by molar-refractivity contribution is -0.121. The Morgan fingerprint density at radius 1 is 1.07 bits per heavy atom. The highest BCUT2D eigenvalue weighted by atomic mass is 35.5. The second-order valence-electron chi connectivity index (χ2n) is 6.74. The van der Waals surface area contributed by atoms with Crippen molar-refractivity contribution in [3.05, 3.63) is 106 Å². The van der Waals surface area contributed by atoms with E-state index < -0.39 is 0 Å². The number of rotatable bonds is 7. The molecule has 2 heterocycles.